The number of rotatable bonds is 4. The number of aromatic nitrogens is 3. The molecule has 0 radical (unpaired) electrons. The van der Waals surface area contributed by atoms with E-state index in [-0.39, 0.29) is 33.9 Å². The highest BCUT2D eigenvalue weighted by Gasteiger charge is 2.34. The summed E-state index contributed by atoms with van der Waals surface area (Å²) in [6.45, 7) is 3.59. The lowest BCUT2D eigenvalue weighted by Gasteiger charge is -2.13. The summed E-state index contributed by atoms with van der Waals surface area (Å²) in [5.41, 5.74) is -0.0469. The molecule has 2 aromatic carbocycles. The van der Waals surface area contributed by atoms with E-state index in [2.05, 4.69) is 15.4 Å². The number of hydrogen-bond acceptors (Lipinski definition) is 3. The molecule has 2 heterocycles. The number of aryl methyl sites for hydroxylation is 1. The summed E-state index contributed by atoms with van der Waals surface area (Å²) in [5, 5.41) is 6.57. The number of carbonyl (C=O) groups excluding carboxylic acids is 1. The second kappa shape index (κ2) is 8.68. The maximum absolute atomic E-state index is 13.9. The van der Waals surface area contributed by atoms with Gasteiger partial charge >= 0.3 is 6.18 Å². The van der Waals surface area contributed by atoms with Crippen molar-refractivity contribution in [2.45, 2.75) is 26.6 Å². The largest absolute Gasteiger partial charge is 0.433 e. The van der Waals surface area contributed by atoms with Crippen LogP contribution < -0.4 is 5.32 Å². The first kappa shape index (κ1) is 23.6. The molecule has 0 bridgehead atoms. The third-order valence-electron chi connectivity index (χ3n) is 5.25. The Morgan fingerprint density at radius 1 is 1.09 bits per heavy atom. The van der Waals surface area contributed by atoms with Crippen LogP contribution in [-0.4, -0.2) is 20.7 Å². The van der Waals surface area contributed by atoms with Gasteiger partial charge in [0.05, 0.1) is 39.7 Å². The minimum absolute atomic E-state index is 0.0362. The van der Waals surface area contributed by atoms with Gasteiger partial charge in [-0.1, -0.05) is 23.7 Å². The van der Waals surface area contributed by atoms with Crippen molar-refractivity contribution in [3.63, 3.8) is 0 Å². The molecule has 0 unspecified atom stereocenters. The number of carbonyl (C=O) groups is 1. The van der Waals surface area contributed by atoms with Crippen LogP contribution in [0.2, 0.25) is 5.02 Å². The smallest absolute Gasteiger partial charge is 0.319 e. The van der Waals surface area contributed by atoms with Crippen molar-refractivity contribution in [3.05, 3.63) is 87.3 Å². The summed E-state index contributed by atoms with van der Waals surface area (Å²) in [6.07, 6.45) is -4.86. The zero-order valence-corrected chi connectivity index (χ0v) is 18.5. The zero-order valence-electron chi connectivity index (χ0n) is 17.8. The molecule has 2 aromatic heterocycles. The summed E-state index contributed by atoms with van der Waals surface area (Å²) < 4.78 is 68.8. The molecule has 0 atom stereocenters. The molecule has 4 rings (SSSR count). The summed E-state index contributed by atoms with van der Waals surface area (Å²) in [6, 6.07) is 8.21. The first-order chi connectivity index (χ1) is 15.9. The number of nitrogens with zero attached hydrogens (tertiary/aromatic N) is 3. The lowest BCUT2D eigenvalue weighted by Crippen LogP contribution is -2.17. The molecule has 0 aliphatic carbocycles. The van der Waals surface area contributed by atoms with Crippen molar-refractivity contribution < 1.29 is 26.7 Å². The lowest BCUT2D eigenvalue weighted by atomic mass is 10.1. The summed E-state index contributed by atoms with van der Waals surface area (Å²) in [7, 11) is 0. The number of halogens is 6. The van der Waals surface area contributed by atoms with Crippen LogP contribution in [-0.2, 0) is 12.7 Å². The van der Waals surface area contributed by atoms with Crippen LogP contribution in [0.3, 0.4) is 0 Å². The molecule has 5 nitrogen and oxygen atoms in total. The molecule has 0 aliphatic heterocycles. The Morgan fingerprint density at radius 3 is 2.41 bits per heavy atom. The summed E-state index contributed by atoms with van der Waals surface area (Å²) >= 11 is 5.80. The van der Waals surface area contributed by atoms with Gasteiger partial charge < -0.3 is 5.32 Å². The van der Waals surface area contributed by atoms with Crippen LogP contribution in [0.4, 0.5) is 27.6 Å². The van der Waals surface area contributed by atoms with Gasteiger partial charge in [0.25, 0.3) is 5.91 Å². The number of amides is 1. The maximum Gasteiger partial charge on any atom is 0.433 e. The van der Waals surface area contributed by atoms with Crippen LogP contribution in [0, 0.1) is 25.5 Å². The van der Waals surface area contributed by atoms with E-state index in [9.17, 15) is 26.7 Å². The van der Waals surface area contributed by atoms with Gasteiger partial charge in [0, 0.05) is 11.5 Å². The van der Waals surface area contributed by atoms with E-state index in [1.54, 1.807) is 30.7 Å². The highest BCUT2D eigenvalue weighted by atomic mass is 35.5. The number of hydrogen-bond donors (Lipinski definition) is 1. The predicted octanol–water partition coefficient (Wildman–Crippen LogP) is 6.30. The molecule has 0 spiro atoms. The number of pyridine rings is 1. The molecule has 0 saturated carbocycles. The Morgan fingerprint density at radius 2 is 1.76 bits per heavy atom. The van der Waals surface area contributed by atoms with Gasteiger partial charge in [-0.25, -0.2) is 13.8 Å². The molecule has 0 aliphatic rings. The van der Waals surface area contributed by atoms with E-state index in [1.165, 1.54) is 12.1 Å². The van der Waals surface area contributed by atoms with Gasteiger partial charge in [0.15, 0.2) is 0 Å². The van der Waals surface area contributed by atoms with Gasteiger partial charge in [0.2, 0.25) is 0 Å². The van der Waals surface area contributed by atoms with E-state index in [0.717, 1.165) is 17.7 Å². The Bertz CT molecular complexity index is 1410. The summed E-state index contributed by atoms with van der Waals surface area (Å²) in [4.78, 5) is 16.5. The Labute approximate surface area is 195 Å². The third-order valence-corrected chi connectivity index (χ3v) is 5.54. The Hall–Kier alpha value is -3.53. The second-order valence-electron chi connectivity index (χ2n) is 7.62. The fourth-order valence-corrected chi connectivity index (χ4v) is 3.69. The third kappa shape index (κ3) is 4.58. The van der Waals surface area contributed by atoms with Crippen LogP contribution >= 0.6 is 11.6 Å². The van der Waals surface area contributed by atoms with Gasteiger partial charge in [-0.2, -0.15) is 18.3 Å². The normalized spacial score (nSPS) is 11.8. The number of benzene rings is 2. The zero-order chi connectivity index (χ0) is 24.8. The van der Waals surface area contributed by atoms with Crippen molar-refractivity contribution in [1.29, 1.82) is 0 Å². The molecule has 1 N–H and O–H groups in total. The van der Waals surface area contributed by atoms with E-state index in [4.69, 9.17) is 11.6 Å². The van der Waals surface area contributed by atoms with Crippen LogP contribution in [0.5, 0.6) is 0 Å². The summed E-state index contributed by atoms with van der Waals surface area (Å²) in [5.74, 6) is -2.21. The number of anilines is 1. The molecule has 1 amide bonds. The average Bonchev–Trinajstić information content (AvgIpc) is 3.02. The fourth-order valence-electron chi connectivity index (χ4n) is 3.53. The van der Waals surface area contributed by atoms with Crippen LogP contribution in [0.25, 0.3) is 10.9 Å². The molecule has 0 fully saturated rings. The highest BCUT2D eigenvalue weighted by molar-refractivity contribution is 6.31. The minimum atomic E-state index is -4.86. The van der Waals surface area contributed by atoms with Gasteiger partial charge in [-0.15, -0.1) is 0 Å². The molecular formula is C23H16ClF5N4O. The van der Waals surface area contributed by atoms with E-state index >= 15 is 0 Å². The minimum Gasteiger partial charge on any atom is -0.319 e. The van der Waals surface area contributed by atoms with Crippen molar-refractivity contribution >= 4 is 34.1 Å². The number of fused-ring (bicyclic) bond motifs is 1. The van der Waals surface area contributed by atoms with Crippen LogP contribution in [0.15, 0.2) is 42.5 Å². The molecule has 4 aromatic rings. The van der Waals surface area contributed by atoms with Crippen molar-refractivity contribution in [2.24, 2.45) is 0 Å². The van der Waals surface area contributed by atoms with Crippen molar-refractivity contribution in [3.8, 4) is 0 Å². The first-order valence-corrected chi connectivity index (χ1v) is 10.3. The highest BCUT2D eigenvalue weighted by Crippen LogP contribution is 2.33. The maximum atomic E-state index is 13.9. The van der Waals surface area contributed by atoms with Gasteiger partial charge in [-0.3, -0.25) is 9.48 Å². The second-order valence-corrected chi connectivity index (χ2v) is 8.03. The molecular weight excluding hydrogens is 479 g/mol. The topological polar surface area (TPSA) is 59.8 Å². The monoisotopic (exact) mass is 494 g/mol. The van der Waals surface area contributed by atoms with Crippen LogP contribution in [0.1, 0.15) is 33.0 Å². The SMILES string of the molecule is Cc1nn(Cc2ccc(F)cc2)c(C)c1NC(=O)c1cc(C(F)(F)F)nc2cc(F)c(Cl)cc12. The predicted molar refractivity (Wildman–Crippen MR) is 117 cm³/mol. The number of alkyl halides is 3. The quantitative estimate of drug-likeness (QED) is 0.339. The van der Waals surface area contributed by atoms with E-state index < -0.39 is 23.6 Å². The van der Waals surface area contributed by atoms with Crippen molar-refractivity contribution in [2.75, 3.05) is 5.32 Å². The molecule has 34 heavy (non-hydrogen) atoms. The average molecular weight is 495 g/mol. The standard InChI is InChI=1S/C23H16ClF5N4O/c1-11-21(12(2)33(32-11)10-13-3-5-14(25)6-4-13)31-22(34)16-8-20(23(27,28)29)30-19-9-18(26)17(24)7-15(16)19/h3-9H,10H2,1-2H3,(H,31,34). The fraction of sp³-hybridized carbons (Fsp3) is 0.174. The molecule has 0 saturated heterocycles. The van der Waals surface area contributed by atoms with Gasteiger partial charge in [-0.05, 0) is 43.7 Å². The molecule has 11 heteroatoms. The van der Waals surface area contributed by atoms with E-state index in [0.29, 0.717) is 23.1 Å². The lowest BCUT2D eigenvalue weighted by molar-refractivity contribution is -0.140. The Kier molecular flexibility index (Phi) is 6.03. The van der Waals surface area contributed by atoms with Gasteiger partial charge in [0.1, 0.15) is 17.3 Å². The Balaban J connectivity index is 1.73. The van der Waals surface area contributed by atoms with E-state index in [1.807, 2.05) is 0 Å². The molecule has 176 valence electrons. The first-order valence-electron chi connectivity index (χ1n) is 9.91. The number of nitrogens with one attached hydrogen (secondary N) is 1. The van der Waals surface area contributed by atoms with Crippen molar-refractivity contribution in [1.82, 2.24) is 14.8 Å².